The van der Waals surface area contributed by atoms with Gasteiger partial charge in [0.05, 0.1) is 11.4 Å². The van der Waals surface area contributed by atoms with Crippen molar-refractivity contribution in [2.75, 3.05) is 4.90 Å². The first-order valence-electron chi connectivity index (χ1n) is 25.2. The second-order valence-electron chi connectivity index (χ2n) is 19.3. The molecule has 0 amide bonds. The Kier molecular flexibility index (Phi) is 11.0. The van der Waals surface area contributed by atoms with E-state index in [-0.39, 0.29) is 5.41 Å². The highest BCUT2D eigenvalue weighted by Crippen LogP contribution is 2.58. The van der Waals surface area contributed by atoms with Crippen LogP contribution < -0.4 is 4.90 Å². The summed E-state index contributed by atoms with van der Waals surface area (Å²) in [6, 6.07) is 81.4. The molecule has 1 fully saturated rings. The van der Waals surface area contributed by atoms with E-state index in [1.54, 1.807) is 0 Å². The van der Waals surface area contributed by atoms with Gasteiger partial charge in [0.25, 0.3) is 0 Å². The third-order valence-electron chi connectivity index (χ3n) is 15.1. The summed E-state index contributed by atoms with van der Waals surface area (Å²) in [6.07, 6.45) is 17.3. The average Bonchev–Trinajstić information content (AvgIpc) is 4.06. The molecule has 0 saturated heterocycles. The Morgan fingerprint density at radius 2 is 0.861 bits per heavy atom. The van der Waals surface area contributed by atoms with Crippen LogP contribution >= 0.6 is 0 Å². The van der Waals surface area contributed by atoms with Gasteiger partial charge in [-0.1, -0.05) is 195 Å². The fourth-order valence-electron chi connectivity index (χ4n) is 11.7. The maximum atomic E-state index is 4.89. The number of aromatic nitrogens is 2. The molecule has 72 heavy (non-hydrogen) atoms. The minimum atomic E-state index is 0.0255. The summed E-state index contributed by atoms with van der Waals surface area (Å²) < 4.78 is 0. The van der Waals surface area contributed by atoms with E-state index in [4.69, 9.17) is 9.97 Å². The van der Waals surface area contributed by atoms with Gasteiger partial charge in [-0.05, 0) is 162 Å². The van der Waals surface area contributed by atoms with Gasteiger partial charge in [0.2, 0.25) is 0 Å². The number of fused-ring (bicyclic) bond motifs is 8. The van der Waals surface area contributed by atoms with Crippen molar-refractivity contribution < 1.29 is 0 Å². The highest BCUT2D eigenvalue weighted by atomic mass is 15.1. The lowest BCUT2D eigenvalue weighted by Crippen LogP contribution is -2.21. The van der Waals surface area contributed by atoms with E-state index >= 15 is 0 Å². The molecule has 3 nitrogen and oxygen atoms in total. The van der Waals surface area contributed by atoms with Crippen molar-refractivity contribution in [2.24, 2.45) is 0 Å². The average molecular weight is 922 g/mol. The van der Waals surface area contributed by atoms with E-state index in [1.807, 2.05) is 12.4 Å². The predicted octanol–water partition coefficient (Wildman–Crippen LogP) is 18.4. The molecule has 2 aliphatic carbocycles. The second kappa shape index (κ2) is 18.4. The molecule has 342 valence electrons. The molecule has 1 spiro atoms. The lowest BCUT2D eigenvalue weighted by Gasteiger charge is -2.30. The van der Waals surface area contributed by atoms with Crippen LogP contribution in [0.25, 0.3) is 90.4 Å². The van der Waals surface area contributed by atoms with Crippen LogP contribution in [-0.4, -0.2) is 9.97 Å². The predicted molar refractivity (Wildman–Crippen MR) is 303 cm³/mol. The highest BCUT2D eigenvalue weighted by Gasteiger charge is 2.45. The third-order valence-corrected chi connectivity index (χ3v) is 15.1. The molecule has 9 aromatic carbocycles. The molecule has 2 heterocycles. The summed E-state index contributed by atoms with van der Waals surface area (Å²) in [6.45, 7) is 0. The van der Waals surface area contributed by atoms with E-state index in [2.05, 4.69) is 254 Å². The molecule has 2 aromatic heterocycles. The van der Waals surface area contributed by atoms with Crippen molar-refractivity contribution in [3.8, 4) is 44.5 Å². The van der Waals surface area contributed by atoms with Crippen molar-refractivity contribution in [1.82, 2.24) is 9.97 Å². The van der Waals surface area contributed by atoms with Crippen LogP contribution in [0.2, 0.25) is 0 Å². The summed E-state index contributed by atoms with van der Waals surface area (Å²) in [7, 11) is 0. The number of rotatable bonds is 10. The zero-order valence-corrected chi connectivity index (χ0v) is 40.0. The van der Waals surface area contributed by atoms with Crippen molar-refractivity contribution in [3.05, 3.63) is 270 Å². The maximum Gasteiger partial charge on any atom is 0.0630 e. The summed E-state index contributed by atoms with van der Waals surface area (Å²) in [4.78, 5) is 12.1. The molecule has 0 atom stereocenters. The minimum Gasteiger partial charge on any atom is -0.310 e. The van der Waals surface area contributed by atoms with Crippen LogP contribution in [0, 0.1) is 0 Å². The van der Waals surface area contributed by atoms with E-state index in [0.29, 0.717) is 0 Å². The largest absolute Gasteiger partial charge is 0.310 e. The fraction of sp³-hybridized carbons (Fsp3) is 0.0725. The van der Waals surface area contributed by atoms with Gasteiger partial charge in [-0.15, -0.1) is 0 Å². The van der Waals surface area contributed by atoms with Gasteiger partial charge in [0, 0.05) is 40.4 Å². The third kappa shape index (κ3) is 7.80. The molecule has 2 aliphatic rings. The first-order valence-corrected chi connectivity index (χ1v) is 25.2. The molecular weight excluding hydrogens is 871 g/mol. The molecule has 3 heteroatoms. The quantitative estimate of drug-likeness (QED) is 0.128. The Bertz CT molecular complexity index is 3780. The lowest BCUT2D eigenvalue weighted by molar-refractivity contribution is 0.550. The van der Waals surface area contributed by atoms with Gasteiger partial charge >= 0.3 is 0 Å². The highest BCUT2D eigenvalue weighted by molar-refractivity contribution is 6.22. The molecule has 1 saturated carbocycles. The fourth-order valence-corrected chi connectivity index (χ4v) is 11.7. The number of hydrogen-bond acceptors (Lipinski definition) is 3. The van der Waals surface area contributed by atoms with Crippen molar-refractivity contribution in [1.29, 1.82) is 0 Å². The van der Waals surface area contributed by atoms with Crippen LogP contribution in [0.3, 0.4) is 0 Å². The lowest BCUT2D eigenvalue weighted by atomic mass is 9.76. The molecule has 11 aromatic rings. The molecule has 0 bridgehead atoms. The van der Waals surface area contributed by atoms with Crippen LogP contribution in [0.1, 0.15) is 59.3 Å². The van der Waals surface area contributed by atoms with Gasteiger partial charge in [-0.3, -0.25) is 9.97 Å². The standard InChI is InChI=1S/C69H51N3/c1-5-17-50(18-6-1)67-62-26-14-13-25-59(62)64-44-52(32-39-63(64)68(67)51-19-7-2-8-20-51)53-31-36-55(71-47-53)35-29-49-28-34-54(70-46-49)33-27-48-30-38-60-61-40-37-58(45-66(61)69(65(60)43-48)41-15-16-42-69)72(56-21-9-3-10-22-56)57-23-11-4-12-24-57/h1-14,17-40,43-47H,15-16,41-42H2/b33-27+,35-29+. The Morgan fingerprint density at radius 3 is 1.47 bits per heavy atom. The van der Waals surface area contributed by atoms with Gasteiger partial charge in [-0.2, -0.15) is 0 Å². The molecule has 0 N–H and O–H groups in total. The zero-order chi connectivity index (χ0) is 47.8. The number of para-hydroxylation sites is 2. The van der Waals surface area contributed by atoms with Crippen molar-refractivity contribution >= 4 is 62.9 Å². The maximum absolute atomic E-state index is 4.89. The zero-order valence-electron chi connectivity index (χ0n) is 40.0. The Labute approximate surface area is 421 Å². The summed E-state index contributed by atoms with van der Waals surface area (Å²) >= 11 is 0. The molecule has 0 unspecified atom stereocenters. The normalized spacial score (nSPS) is 13.6. The van der Waals surface area contributed by atoms with Crippen molar-refractivity contribution in [3.63, 3.8) is 0 Å². The Balaban J connectivity index is 0.733. The number of anilines is 3. The second-order valence-corrected chi connectivity index (χ2v) is 19.3. The van der Waals surface area contributed by atoms with Crippen LogP contribution in [0.15, 0.2) is 237 Å². The van der Waals surface area contributed by atoms with Crippen molar-refractivity contribution in [2.45, 2.75) is 31.1 Å². The van der Waals surface area contributed by atoms with E-state index in [1.165, 1.54) is 103 Å². The number of pyridine rings is 2. The Hall–Kier alpha value is -8.92. The van der Waals surface area contributed by atoms with Gasteiger partial charge < -0.3 is 4.90 Å². The topological polar surface area (TPSA) is 29.0 Å². The van der Waals surface area contributed by atoms with E-state index < -0.39 is 0 Å². The molecule has 0 aliphatic heterocycles. The summed E-state index contributed by atoms with van der Waals surface area (Å²) in [5.41, 5.74) is 20.5. The SMILES string of the molecule is C(=C\c1ccc(-c2ccc3c(-c4ccccc4)c(-c4ccccc4)c4ccccc4c3c2)cn1)/c1ccc(/C=C/c2ccc3c(c2)C2(CCCC2)c2cc(N(c4ccccc4)c4ccccc4)ccc2-3)nc1. The van der Waals surface area contributed by atoms with Gasteiger partial charge in [0.1, 0.15) is 0 Å². The minimum absolute atomic E-state index is 0.0255. The summed E-state index contributed by atoms with van der Waals surface area (Å²) in [5.74, 6) is 0. The van der Waals surface area contributed by atoms with Crippen LogP contribution in [-0.2, 0) is 5.41 Å². The molecule has 0 radical (unpaired) electrons. The Morgan fingerprint density at radius 1 is 0.347 bits per heavy atom. The van der Waals surface area contributed by atoms with Gasteiger partial charge in [0.15, 0.2) is 0 Å². The molecule has 13 rings (SSSR count). The monoisotopic (exact) mass is 921 g/mol. The number of benzene rings is 9. The first-order chi connectivity index (χ1) is 35.7. The number of nitrogens with zero attached hydrogens (tertiary/aromatic N) is 3. The smallest absolute Gasteiger partial charge is 0.0630 e. The van der Waals surface area contributed by atoms with Gasteiger partial charge in [-0.25, -0.2) is 0 Å². The van der Waals surface area contributed by atoms with Crippen LogP contribution in [0.5, 0.6) is 0 Å². The number of hydrogen-bond donors (Lipinski definition) is 0. The van der Waals surface area contributed by atoms with E-state index in [9.17, 15) is 0 Å². The van der Waals surface area contributed by atoms with Crippen LogP contribution in [0.4, 0.5) is 17.1 Å². The molecular formula is C69H51N3. The first kappa shape index (κ1) is 43.1. The summed E-state index contributed by atoms with van der Waals surface area (Å²) in [5, 5.41) is 4.96. The van der Waals surface area contributed by atoms with E-state index in [0.717, 1.165) is 39.5 Å².